The van der Waals surface area contributed by atoms with Crippen LogP contribution in [-0.4, -0.2) is 11.1 Å². The van der Waals surface area contributed by atoms with E-state index in [1.165, 1.54) is 96.3 Å². The van der Waals surface area contributed by atoms with Crippen LogP contribution in [0.2, 0.25) is 0 Å². The van der Waals surface area contributed by atoms with Crippen LogP contribution in [0.4, 0.5) is 0 Å². The van der Waals surface area contributed by atoms with Gasteiger partial charge < -0.3 is 5.11 Å². The summed E-state index contributed by atoms with van der Waals surface area (Å²) >= 11 is 0. The molecular formula is C28H50O2. The molecule has 0 rings (SSSR count). The molecule has 0 spiro atoms. The maximum absolute atomic E-state index is 10.4. The monoisotopic (exact) mass is 418 g/mol. The van der Waals surface area contributed by atoms with Crippen LogP contribution in [-0.2, 0) is 4.79 Å². The highest BCUT2D eigenvalue weighted by atomic mass is 16.4. The summed E-state index contributed by atoms with van der Waals surface area (Å²) in [6.45, 7) is 2.07. The second-order valence-electron chi connectivity index (χ2n) is 8.57. The van der Waals surface area contributed by atoms with Crippen LogP contribution >= 0.6 is 0 Å². The Hall–Kier alpha value is -1.31. The van der Waals surface area contributed by atoms with E-state index in [2.05, 4.69) is 43.4 Å². The Morgan fingerprint density at radius 2 is 0.900 bits per heavy atom. The lowest BCUT2D eigenvalue weighted by atomic mass is 10.0. The highest BCUT2D eigenvalue weighted by Crippen LogP contribution is 2.14. The van der Waals surface area contributed by atoms with Gasteiger partial charge in [-0.05, 0) is 39.0 Å². The summed E-state index contributed by atoms with van der Waals surface area (Å²) in [6, 6.07) is 0. The van der Waals surface area contributed by atoms with Crippen LogP contribution in [0.5, 0.6) is 0 Å². The number of carboxylic acid groups (broad SMARTS) is 1. The van der Waals surface area contributed by atoms with Crippen LogP contribution in [0.15, 0.2) is 36.5 Å². The third kappa shape index (κ3) is 26.7. The normalized spacial score (nSPS) is 12.0. The summed E-state index contributed by atoms with van der Waals surface area (Å²) in [6.07, 6.45) is 38.2. The van der Waals surface area contributed by atoms with Crippen LogP contribution in [0, 0.1) is 0 Å². The van der Waals surface area contributed by atoms with Crippen molar-refractivity contribution in [1.29, 1.82) is 0 Å². The predicted octanol–water partition coefficient (Wildman–Crippen LogP) is 9.56. The van der Waals surface area contributed by atoms with Gasteiger partial charge in [0.1, 0.15) is 0 Å². The van der Waals surface area contributed by atoms with Gasteiger partial charge in [-0.15, -0.1) is 0 Å². The smallest absolute Gasteiger partial charge is 0.303 e. The first-order valence-electron chi connectivity index (χ1n) is 12.9. The summed E-state index contributed by atoms with van der Waals surface area (Å²) in [4.78, 5) is 10.4. The van der Waals surface area contributed by atoms with Crippen molar-refractivity contribution in [3.63, 3.8) is 0 Å². The van der Waals surface area contributed by atoms with E-state index in [0.717, 1.165) is 25.7 Å². The Balaban J connectivity index is 3.11. The quantitative estimate of drug-likeness (QED) is 0.132. The molecule has 0 aliphatic carbocycles. The third-order valence-corrected chi connectivity index (χ3v) is 5.62. The van der Waals surface area contributed by atoms with E-state index < -0.39 is 5.97 Å². The lowest BCUT2D eigenvalue weighted by Crippen LogP contribution is -1.93. The molecule has 0 saturated carbocycles. The zero-order chi connectivity index (χ0) is 22.0. The van der Waals surface area contributed by atoms with Gasteiger partial charge in [0.2, 0.25) is 0 Å². The number of aliphatic carboxylic acids is 1. The zero-order valence-electron chi connectivity index (χ0n) is 20.0. The average molecular weight is 419 g/mol. The molecule has 2 nitrogen and oxygen atoms in total. The van der Waals surface area contributed by atoms with Crippen LogP contribution in [0.3, 0.4) is 0 Å². The third-order valence-electron chi connectivity index (χ3n) is 5.62. The van der Waals surface area contributed by atoms with Crippen molar-refractivity contribution in [3.8, 4) is 0 Å². The topological polar surface area (TPSA) is 37.3 Å². The van der Waals surface area contributed by atoms with Gasteiger partial charge in [0.25, 0.3) is 0 Å². The lowest BCUT2D eigenvalue weighted by molar-refractivity contribution is -0.137. The van der Waals surface area contributed by atoms with E-state index in [0.29, 0.717) is 6.42 Å². The van der Waals surface area contributed by atoms with Crippen molar-refractivity contribution in [2.75, 3.05) is 0 Å². The highest BCUT2D eigenvalue weighted by Gasteiger charge is 1.97. The lowest BCUT2D eigenvalue weighted by Gasteiger charge is -2.03. The molecule has 0 atom stereocenters. The molecule has 0 saturated heterocycles. The number of hydrogen-bond acceptors (Lipinski definition) is 1. The minimum atomic E-state index is -0.655. The summed E-state index contributed by atoms with van der Waals surface area (Å²) < 4.78 is 0. The Bertz CT molecular complexity index is 434. The molecule has 0 aromatic heterocycles. The Morgan fingerprint density at radius 1 is 0.533 bits per heavy atom. The van der Waals surface area contributed by atoms with Crippen molar-refractivity contribution in [2.24, 2.45) is 0 Å². The fraction of sp³-hybridized carbons (Fsp3) is 0.750. The van der Waals surface area contributed by atoms with Crippen molar-refractivity contribution >= 4 is 5.97 Å². The maximum atomic E-state index is 10.4. The minimum Gasteiger partial charge on any atom is -0.481 e. The van der Waals surface area contributed by atoms with Crippen LogP contribution in [0.25, 0.3) is 0 Å². The first kappa shape index (κ1) is 28.7. The van der Waals surface area contributed by atoms with E-state index in [9.17, 15) is 4.79 Å². The molecule has 0 aliphatic heterocycles. The summed E-state index contributed by atoms with van der Waals surface area (Å²) in [5.41, 5.74) is 0. The molecule has 0 aromatic carbocycles. The van der Waals surface area contributed by atoms with Crippen molar-refractivity contribution < 1.29 is 9.90 Å². The molecule has 1 N–H and O–H groups in total. The van der Waals surface area contributed by atoms with Gasteiger partial charge in [0, 0.05) is 6.42 Å². The standard InChI is InChI=1S/C28H50O2/c1-2-3-4-5-6-7-8-9-10-11-12-13-14-15-16-17-18-19-20-21-22-23-24-25-26-27-28(29)30/h2-3,5-6,8-9H,4,7,10-27H2,1H3,(H,29,30). The van der Waals surface area contributed by atoms with Gasteiger partial charge in [-0.25, -0.2) is 0 Å². The van der Waals surface area contributed by atoms with E-state index in [1.807, 2.05) is 0 Å². The summed E-state index contributed by atoms with van der Waals surface area (Å²) in [5, 5.41) is 8.59. The fourth-order valence-electron chi connectivity index (χ4n) is 3.71. The van der Waals surface area contributed by atoms with Crippen LogP contribution in [0.1, 0.15) is 135 Å². The molecule has 0 amide bonds. The number of hydrogen-bond donors (Lipinski definition) is 1. The second-order valence-corrected chi connectivity index (χ2v) is 8.57. The van der Waals surface area contributed by atoms with E-state index in [4.69, 9.17) is 5.11 Å². The molecule has 0 aromatic rings. The second kappa shape index (κ2) is 25.7. The van der Waals surface area contributed by atoms with E-state index in [1.54, 1.807) is 0 Å². The molecule has 2 heteroatoms. The van der Waals surface area contributed by atoms with Gasteiger partial charge >= 0.3 is 5.97 Å². The highest BCUT2D eigenvalue weighted by molar-refractivity contribution is 5.66. The molecule has 0 unspecified atom stereocenters. The Kier molecular flexibility index (Phi) is 24.6. The summed E-state index contributed by atoms with van der Waals surface area (Å²) in [5.74, 6) is -0.655. The van der Waals surface area contributed by atoms with Gasteiger partial charge in [-0.3, -0.25) is 4.79 Å². The molecule has 0 aliphatic rings. The largest absolute Gasteiger partial charge is 0.481 e. The molecule has 0 heterocycles. The number of unbranched alkanes of at least 4 members (excludes halogenated alkanes) is 16. The first-order valence-corrected chi connectivity index (χ1v) is 12.9. The molecule has 174 valence electrons. The van der Waals surface area contributed by atoms with E-state index in [-0.39, 0.29) is 0 Å². The summed E-state index contributed by atoms with van der Waals surface area (Å²) in [7, 11) is 0. The molecule has 0 radical (unpaired) electrons. The molecule has 0 fully saturated rings. The van der Waals surface area contributed by atoms with Gasteiger partial charge in [-0.2, -0.15) is 0 Å². The molecule has 0 bridgehead atoms. The molecular weight excluding hydrogens is 368 g/mol. The Labute approximate surface area is 187 Å². The average Bonchev–Trinajstić information content (AvgIpc) is 2.73. The minimum absolute atomic E-state index is 0.340. The van der Waals surface area contributed by atoms with Crippen LogP contribution < -0.4 is 0 Å². The number of rotatable bonds is 23. The van der Waals surface area contributed by atoms with Crippen molar-refractivity contribution in [1.82, 2.24) is 0 Å². The zero-order valence-corrected chi connectivity index (χ0v) is 20.0. The van der Waals surface area contributed by atoms with Crippen molar-refractivity contribution in [3.05, 3.63) is 36.5 Å². The number of carboxylic acids is 1. The first-order chi connectivity index (χ1) is 14.8. The SMILES string of the molecule is CC=CCC=CCC=CCCCCCCCCCCCCCCCCCCC(=O)O. The van der Waals surface area contributed by atoms with Gasteiger partial charge in [0.15, 0.2) is 0 Å². The van der Waals surface area contributed by atoms with Gasteiger partial charge in [-0.1, -0.05) is 126 Å². The van der Waals surface area contributed by atoms with Crippen molar-refractivity contribution in [2.45, 2.75) is 135 Å². The number of allylic oxidation sites excluding steroid dienone is 6. The molecule has 30 heavy (non-hydrogen) atoms. The van der Waals surface area contributed by atoms with Gasteiger partial charge in [0.05, 0.1) is 0 Å². The van der Waals surface area contributed by atoms with E-state index >= 15 is 0 Å². The fourth-order valence-corrected chi connectivity index (χ4v) is 3.71. The number of carbonyl (C=O) groups is 1. The predicted molar refractivity (Wildman–Crippen MR) is 133 cm³/mol. The maximum Gasteiger partial charge on any atom is 0.303 e. The Morgan fingerprint density at radius 3 is 1.33 bits per heavy atom.